The SMILES string of the molecule is C#C[C@]1(COC(=O)CC(C)(C)c2c(C)cc(C)cc2OC(=O)CCCCCCCCC)O[C@@H](n2cnc3c(NC(c4ccccc4)(c4ccccc4)c4ccc(OC)cc4)nc(F)nc32)C[C@@H]1OC(c1ccccc1)(c1ccccc1)c1ccc(OC)cc1. The summed E-state index contributed by atoms with van der Waals surface area (Å²) in [7, 11) is 3.23. The van der Waals surface area contributed by atoms with E-state index in [4.69, 9.17) is 39.8 Å². The third kappa shape index (κ3) is 13.5. The number of carbonyl (C=O) groups excluding carboxylic acids is 2. The molecule has 89 heavy (non-hydrogen) atoms. The summed E-state index contributed by atoms with van der Waals surface area (Å²) in [5, 5.41) is 3.70. The quantitative estimate of drug-likeness (QED) is 0.0131. The first-order chi connectivity index (χ1) is 43.2. The lowest BCUT2D eigenvalue weighted by atomic mass is 9.77. The highest BCUT2D eigenvalue weighted by molar-refractivity contribution is 5.84. The number of nitrogens with zero attached hydrogens (tertiary/aromatic N) is 4. The van der Waals surface area contributed by atoms with E-state index in [1.165, 1.54) is 25.6 Å². The zero-order valence-corrected chi connectivity index (χ0v) is 51.8. The van der Waals surface area contributed by atoms with Crippen LogP contribution in [-0.2, 0) is 40.4 Å². The van der Waals surface area contributed by atoms with E-state index in [1.54, 1.807) is 18.8 Å². The molecule has 0 radical (unpaired) electrons. The number of methoxy groups -OCH3 is 2. The Labute approximate surface area is 522 Å². The number of benzene rings is 7. The molecule has 14 heteroatoms. The summed E-state index contributed by atoms with van der Waals surface area (Å²) in [6.07, 6.45) is 12.9. The summed E-state index contributed by atoms with van der Waals surface area (Å²) >= 11 is 0. The van der Waals surface area contributed by atoms with Crippen molar-refractivity contribution in [2.24, 2.45) is 0 Å². The molecule has 3 heterocycles. The number of rotatable bonds is 27. The van der Waals surface area contributed by atoms with Crippen LogP contribution in [0.15, 0.2) is 188 Å². The van der Waals surface area contributed by atoms with Crippen LogP contribution < -0.4 is 19.5 Å². The van der Waals surface area contributed by atoms with Crippen molar-refractivity contribution in [1.82, 2.24) is 19.5 Å². The number of halogens is 1. The fourth-order valence-corrected chi connectivity index (χ4v) is 12.7. The summed E-state index contributed by atoms with van der Waals surface area (Å²) in [4.78, 5) is 42.0. The molecule has 13 nitrogen and oxygen atoms in total. The lowest BCUT2D eigenvalue weighted by Crippen LogP contribution is -2.49. The minimum Gasteiger partial charge on any atom is -0.497 e. The van der Waals surface area contributed by atoms with E-state index < -0.39 is 53.1 Å². The highest BCUT2D eigenvalue weighted by Crippen LogP contribution is 2.50. The predicted octanol–water partition coefficient (Wildman–Crippen LogP) is 15.6. The lowest BCUT2D eigenvalue weighted by molar-refractivity contribution is -0.165. The second kappa shape index (κ2) is 27.9. The number of esters is 2. The molecule has 10 rings (SSSR count). The zero-order chi connectivity index (χ0) is 62.6. The number of hydrogen-bond donors (Lipinski definition) is 1. The molecule has 0 aliphatic carbocycles. The molecule has 0 spiro atoms. The molecule has 0 saturated carbocycles. The number of aryl methyl sites for hydroxylation is 2. The average Bonchev–Trinajstić information content (AvgIpc) is 1.75. The number of hydrogen-bond acceptors (Lipinski definition) is 12. The third-order valence-corrected chi connectivity index (χ3v) is 17.0. The summed E-state index contributed by atoms with van der Waals surface area (Å²) < 4.78 is 57.1. The Morgan fingerprint density at radius 3 is 1.76 bits per heavy atom. The lowest BCUT2D eigenvalue weighted by Gasteiger charge is -2.41. The molecule has 9 aromatic rings. The second-order valence-corrected chi connectivity index (χ2v) is 23.6. The van der Waals surface area contributed by atoms with E-state index in [0.29, 0.717) is 17.2 Å². The Bertz CT molecular complexity index is 3800. The fourth-order valence-electron chi connectivity index (χ4n) is 12.7. The average molecular weight is 1200 g/mol. The van der Waals surface area contributed by atoms with Gasteiger partial charge in [-0.3, -0.25) is 14.2 Å². The normalized spacial score (nSPS) is 15.9. The van der Waals surface area contributed by atoms with Gasteiger partial charge in [-0.15, -0.1) is 6.42 Å². The number of carbonyl (C=O) groups is 2. The van der Waals surface area contributed by atoms with Crippen LogP contribution >= 0.6 is 0 Å². The van der Waals surface area contributed by atoms with Gasteiger partial charge in [0.25, 0.3) is 0 Å². The van der Waals surface area contributed by atoms with Gasteiger partial charge in [0, 0.05) is 23.8 Å². The molecule has 2 aromatic heterocycles. The monoisotopic (exact) mass is 1200 g/mol. The largest absolute Gasteiger partial charge is 0.497 e. The van der Waals surface area contributed by atoms with Crippen LogP contribution in [0.4, 0.5) is 10.2 Å². The highest BCUT2D eigenvalue weighted by atomic mass is 19.1. The van der Waals surface area contributed by atoms with Crippen LogP contribution in [0.1, 0.15) is 141 Å². The van der Waals surface area contributed by atoms with Crippen LogP contribution in [0.5, 0.6) is 17.2 Å². The van der Waals surface area contributed by atoms with Gasteiger partial charge in [0.15, 0.2) is 22.6 Å². The summed E-state index contributed by atoms with van der Waals surface area (Å²) in [6.45, 7) is 9.51. The minimum absolute atomic E-state index is 0.0324. The molecule has 458 valence electrons. The van der Waals surface area contributed by atoms with Gasteiger partial charge in [0.2, 0.25) is 0 Å². The maximum Gasteiger partial charge on any atom is 0.312 e. The van der Waals surface area contributed by atoms with E-state index in [-0.39, 0.29) is 42.2 Å². The Balaban J connectivity index is 1.04. The molecule has 0 bridgehead atoms. The van der Waals surface area contributed by atoms with Gasteiger partial charge >= 0.3 is 18.0 Å². The molecule has 1 aliphatic rings. The first-order valence-electron chi connectivity index (χ1n) is 30.7. The molecule has 3 atom stereocenters. The van der Waals surface area contributed by atoms with Crippen molar-refractivity contribution in [1.29, 1.82) is 0 Å². The van der Waals surface area contributed by atoms with E-state index in [0.717, 1.165) is 75.8 Å². The molecule has 1 aliphatic heterocycles. The molecular weight excluding hydrogens is 1120 g/mol. The highest BCUT2D eigenvalue weighted by Gasteiger charge is 2.55. The van der Waals surface area contributed by atoms with Crippen molar-refractivity contribution in [3.05, 3.63) is 244 Å². The van der Waals surface area contributed by atoms with Gasteiger partial charge < -0.3 is 33.7 Å². The molecule has 0 amide bonds. The molecule has 7 aromatic carbocycles. The van der Waals surface area contributed by atoms with Crippen molar-refractivity contribution in [2.75, 3.05) is 26.1 Å². The van der Waals surface area contributed by atoms with E-state index in [9.17, 15) is 9.59 Å². The standard InChI is InChI=1S/C75H78FN5O8/c1-9-11-12-13-14-15-28-37-65(82)87-62-47-52(3)46-53(4)67(62)72(5,6)49-66(83)86-50-73(10-2)63(88-75(57-33-24-18-25-34-57,58-35-26-19-27-36-58)59-40-44-61(85-8)45-41-59)48-64(89-73)81-51-77-68-69(78-71(76)79-70(68)81)80-74(54-29-20-16-21-30-54,55-31-22-17-23-32-55)56-38-42-60(84-7)43-39-56/h2,16-27,29-36,38-47,51,63-64H,9,11-15,28,37,48-50H2,1,3-8H3,(H,78,79,80)/t63-,64+,73+/m0/s1. The first-order valence-corrected chi connectivity index (χ1v) is 30.7. The zero-order valence-electron chi connectivity index (χ0n) is 51.8. The van der Waals surface area contributed by atoms with Crippen molar-refractivity contribution >= 4 is 28.9 Å². The molecular formula is C75H78FN5O8. The van der Waals surface area contributed by atoms with Gasteiger partial charge in [-0.05, 0) is 95.1 Å². The number of anilines is 1. The Morgan fingerprint density at radius 2 is 1.21 bits per heavy atom. The topological polar surface area (TPSA) is 145 Å². The van der Waals surface area contributed by atoms with Gasteiger partial charge in [-0.2, -0.15) is 14.4 Å². The number of ether oxygens (including phenoxy) is 6. The number of terminal acetylenes is 1. The molecule has 1 fully saturated rings. The Morgan fingerprint density at radius 1 is 0.697 bits per heavy atom. The second-order valence-electron chi connectivity index (χ2n) is 23.6. The Kier molecular flexibility index (Phi) is 19.7. The maximum absolute atomic E-state index is 16.7. The number of imidazole rings is 1. The van der Waals surface area contributed by atoms with Gasteiger partial charge in [0.05, 0.1) is 27.0 Å². The van der Waals surface area contributed by atoms with E-state index >= 15 is 4.39 Å². The van der Waals surface area contributed by atoms with Gasteiger partial charge in [-0.25, -0.2) is 4.98 Å². The van der Waals surface area contributed by atoms with E-state index in [2.05, 4.69) is 28.1 Å². The molecule has 1 N–H and O–H groups in total. The number of aromatic nitrogens is 4. The number of nitrogens with one attached hydrogen (secondary N) is 1. The minimum atomic E-state index is -1.81. The summed E-state index contributed by atoms with van der Waals surface area (Å²) in [5.74, 6) is 3.86. The van der Waals surface area contributed by atoms with Crippen LogP contribution in [-0.4, -0.2) is 64.0 Å². The predicted molar refractivity (Wildman–Crippen MR) is 344 cm³/mol. The van der Waals surface area contributed by atoms with Crippen LogP contribution in [0.2, 0.25) is 0 Å². The fraction of sp³-hybridized carbons (Fsp3) is 0.320. The Hall–Kier alpha value is -9.16. The number of fused-ring (bicyclic) bond motifs is 1. The smallest absolute Gasteiger partial charge is 0.312 e. The van der Waals surface area contributed by atoms with Gasteiger partial charge in [0.1, 0.15) is 47.3 Å². The van der Waals surface area contributed by atoms with Crippen LogP contribution in [0, 0.1) is 32.3 Å². The summed E-state index contributed by atoms with van der Waals surface area (Å²) in [5.41, 5.74) is 2.35. The van der Waals surface area contributed by atoms with Crippen LogP contribution in [0.3, 0.4) is 0 Å². The van der Waals surface area contributed by atoms with Crippen molar-refractivity contribution in [3.8, 4) is 29.6 Å². The number of unbranched alkanes of at least 4 members (excludes halogenated alkanes) is 6. The molecule has 1 saturated heterocycles. The van der Waals surface area contributed by atoms with Gasteiger partial charge in [-0.1, -0.05) is 217 Å². The van der Waals surface area contributed by atoms with Crippen molar-refractivity contribution < 1.29 is 42.4 Å². The van der Waals surface area contributed by atoms with Crippen molar-refractivity contribution in [2.45, 2.75) is 133 Å². The first kappa shape index (κ1) is 62.9. The third-order valence-electron chi connectivity index (χ3n) is 17.0. The maximum atomic E-state index is 16.7. The van der Waals surface area contributed by atoms with Crippen LogP contribution in [0.25, 0.3) is 11.2 Å². The van der Waals surface area contributed by atoms with E-state index in [1.807, 2.05) is 210 Å². The molecule has 0 unspecified atom stereocenters. The van der Waals surface area contributed by atoms with Crippen molar-refractivity contribution in [3.63, 3.8) is 0 Å². The summed E-state index contributed by atoms with van der Waals surface area (Å²) in [6, 6.07) is 58.6.